The van der Waals surface area contributed by atoms with Crippen LogP contribution in [0.25, 0.3) is 0 Å². The Morgan fingerprint density at radius 2 is 2.08 bits per heavy atom. The molecule has 1 aromatic carbocycles. The van der Waals surface area contributed by atoms with Gasteiger partial charge in [0, 0.05) is 23.1 Å². The van der Waals surface area contributed by atoms with E-state index in [1.807, 2.05) is 13.0 Å². The third-order valence-electron chi connectivity index (χ3n) is 4.47. The van der Waals surface area contributed by atoms with Crippen molar-refractivity contribution in [1.29, 1.82) is 0 Å². The van der Waals surface area contributed by atoms with Gasteiger partial charge in [-0.1, -0.05) is 36.4 Å². The van der Waals surface area contributed by atoms with Gasteiger partial charge in [0.1, 0.15) is 0 Å². The number of imide groups is 1. The highest BCUT2D eigenvalue weighted by molar-refractivity contribution is 8.02. The second kappa shape index (κ2) is 6.52. The van der Waals surface area contributed by atoms with Crippen LogP contribution in [-0.4, -0.2) is 27.8 Å². The highest BCUT2D eigenvalue weighted by Crippen LogP contribution is 2.43. The topological polar surface area (TPSA) is 77.5 Å². The third-order valence-corrected chi connectivity index (χ3v) is 6.03. The van der Waals surface area contributed by atoms with Gasteiger partial charge in [-0.25, -0.2) is 4.90 Å². The molecule has 0 saturated carbocycles. The van der Waals surface area contributed by atoms with E-state index in [0.29, 0.717) is 5.69 Å². The number of aryl methyl sites for hydroxylation is 1. The smallest absolute Gasteiger partial charge is 0.247 e. The Bertz CT molecular complexity index is 800. The highest BCUT2D eigenvalue weighted by Gasteiger charge is 2.45. The van der Waals surface area contributed by atoms with E-state index in [4.69, 9.17) is 0 Å². The number of carbonyl (C=O) groups is 3. The molecule has 1 aromatic rings. The van der Waals surface area contributed by atoms with Crippen LogP contribution in [0.5, 0.6) is 0 Å². The molecule has 130 valence electrons. The number of anilines is 1. The summed E-state index contributed by atoms with van der Waals surface area (Å²) in [5, 5.41) is 10.8. The molecule has 5 nitrogen and oxygen atoms in total. The van der Waals surface area contributed by atoms with Crippen LogP contribution in [0.3, 0.4) is 0 Å². The number of aliphatic carboxylic acids is 1. The van der Waals surface area contributed by atoms with Gasteiger partial charge in [-0.15, -0.1) is 11.8 Å². The number of benzene rings is 1. The van der Waals surface area contributed by atoms with E-state index >= 15 is 0 Å². The average molecular weight is 356 g/mol. The molecule has 3 atom stereocenters. The van der Waals surface area contributed by atoms with E-state index in [-0.39, 0.29) is 18.2 Å². The molecule has 0 bridgehead atoms. The van der Waals surface area contributed by atoms with E-state index in [0.717, 1.165) is 5.56 Å². The molecule has 1 fully saturated rings. The SMILES string of the molecule is Cc1cccc(N2C(=O)CC(SC3(C)C=CC=CC3C(=O)[O-])C2=O)c1. The van der Waals surface area contributed by atoms with Crippen molar-refractivity contribution in [2.45, 2.75) is 30.3 Å². The number of rotatable bonds is 4. The van der Waals surface area contributed by atoms with Gasteiger partial charge >= 0.3 is 0 Å². The number of amides is 2. The molecule has 3 unspecified atom stereocenters. The number of hydrogen-bond acceptors (Lipinski definition) is 5. The fourth-order valence-electron chi connectivity index (χ4n) is 3.18. The molecule has 6 heteroatoms. The van der Waals surface area contributed by atoms with E-state index in [9.17, 15) is 19.5 Å². The minimum absolute atomic E-state index is 0.0599. The highest BCUT2D eigenvalue weighted by atomic mass is 32.2. The molecular formula is C19H18NO4S-. The van der Waals surface area contributed by atoms with Gasteiger partial charge in [-0.05, 0) is 31.5 Å². The summed E-state index contributed by atoms with van der Waals surface area (Å²) in [7, 11) is 0. The Morgan fingerprint density at radius 1 is 1.32 bits per heavy atom. The first kappa shape index (κ1) is 17.5. The molecule has 0 radical (unpaired) electrons. The summed E-state index contributed by atoms with van der Waals surface area (Å²) in [5.41, 5.74) is 1.51. The Labute approximate surface area is 150 Å². The van der Waals surface area contributed by atoms with Gasteiger partial charge in [0.05, 0.1) is 10.9 Å². The summed E-state index contributed by atoms with van der Waals surface area (Å²) in [4.78, 5) is 37.8. The third kappa shape index (κ3) is 3.26. The van der Waals surface area contributed by atoms with Crippen molar-refractivity contribution in [1.82, 2.24) is 0 Å². The number of carboxylic acids is 1. The van der Waals surface area contributed by atoms with Crippen LogP contribution in [0.1, 0.15) is 18.9 Å². The number of allylic oxidation sites excluding steroid dienone is 2. The van der Waals surface area contributed by atoms with Crippen LogP contribution in [-0.2, 0) is 14.4 Å². The molecule has 3 rings (SSSR count). The lowest BCUT2D eigenvalue weighted by Crippen LogP contribution is -2.44. The molecule has 0 N–H and O–H groups in total. The van der Waals surface area contributed by atoms with E-state index in [2.05, 4.69) is 0 Å². The summed E-state index contributed by atoms with van der Waals surface area (Å²) in [6.07, 6.45) is 6.78. The van der Waals surface area contributed by atoms with Crippen LogP contribution in [0.4, 0.5) is 5.69 Å². The number of nitrogens with zero attached hydrogens (tertiary/aromatic N) is 1. The zero-order chi connectivity index (χ0) is 18.2. The fraction of sp³-hybridized carbons (Fsp3) is 0.316. The number of carbonyl (C=O) groups excluding carboxylic acids is 3. The van der Waals surface area contributed by atoms with Crippen LogP contribution < -0.4 is 10.0 Å². The molecule has 1 heterocycles. The van der Waals surface area contributed by atoms with Gasteiger partial charge in [-0.3, -0.25) is 9.59 Å². The van der Waals surface area contributed by atoms with Gasteiger partial charge in [0.15, 0.2) is 0 Å². The standard InChI is InChI=1S/C19H19NO4S/c1-12-6-5-7-13(10-12)20-16(21)11-15(17(20)22)25-19(2)9-4-3-8-14(19)18(23)24/h3-10,14-15H,11H2,1-2H3,(H,23,24)/p-1. The summed E-state index contributed by atoms with van der Waals surface area (Å²) in [6, 6.07) is 7.21. The summed E-state index contributed by atoms with van der Waals surface area (Å²) >= 11 is 1.21. The van der Waals surface area contributed by atoms with E-state index in [1.54, 1.807) is 49.4 Å². The molecule has 2 aliphatic rings. The Hall–Kier alpha value is -2.34. The molecule has 25 heavy (non-hydrogen) atoms. The molecule has 1 saturated heterocycles. The quantitative estimate of drug-likeness (QED) is 0.766. The number of thioether (sulfide) groups is 1. The van der Waals surface area contributed by atoms with E-state index in [1.165, 1.54) is 16.7 Å². The van der Waals surface area contributed by atoms with E-state index < -0.39 is 21.9 Å². The molecular weight excluding hydrogens is 338 g/mol. The minimum Gasteiger partial charge on any atom is -0.549 e. The van der Waals surface area contributed by atoms with Crippen LogP contribution in [0.2, 0.25) is 0 Å². The van der Waals surface area contributed by atoms with Crippen LogP contribution in [0.15, 0.2) is 48.6 Å². The van der Waals surface area contributed by atoms with Crippen molar-refractivity contribution in [3.63, 3.8) is 0 Å². The lowest BCUT2D eigenvalue weighted by Gasteiger charge is -2.36. The zero-order valence-corrected chi connectivity index (χ0v) is 14.8. The second-order valence-corrected chi connectivity index (χ2v) is 8.13. The maximum Gasteiger partial charge on any atom is 0.247 e. The second-order valence-electron chi connectivity index (χ2n) is 6.44. The first-order chi connectivity index (χ1) is 11.8. The maximum atomic E-state index is 12.8. The number of carboxylic acid groups (broad SMARTS) is 1. The zero-order valence-electron chi connectivity index (χ0n) is 14.0. The Morgan fingerprint density at radius 3 is 2.76 bits per heavy atom. The van der Waals surface area contributed by atoms with Gasteiger partial charge < -0.3 is 9.90 Å². The Balaban J connectivity index is 1.84. The maximum absolute atomic E-state index is 12.8. The molecule has 0 spiro atoms. The predicted molar refractivity (Wildman–Crippen MR) is 94.9 cm³/mol. The average Bonchev–Trinajstić information content (AvgIpc) is 2.81. The Kier molecular flexibility index (Phi) is 4.56. The van der Waals surface area contributed by atoms with Crippen LogP contribution >= 0.6 is 11.8 Å². The normalized spacial score (nSPS) is 28.6. The van der Waals surface area contributed by atoms with Gasteiger partial charge in [-0.2, -0.15) is 0 Å². The van der Waals surface area contributed by atoms with Crippen LogP contribution in [0, 0.1) is 12.8 Å². The van der Waals surface area contributed by atoms with Crippen molar-refractivity contribution in [3.8, 4) is 0 Å². The first-order valence-electron chi connectivity index (χ1n) is 8.00. The monoisotopic (exact) mass is 356 g/mol. The fourth-order valence-corrected chi connectivity index (χ4v) is 4.71. The lowest BCUT2D eigenvalue weighted by molar-refractivity contribution is -0.310. The van der Waals surface area contributed by atoms with Crippen molar-refractivity contribution in [2.24, 2.45) is 5.92 Å². The predicted octanol–water partition coefficient (Wildman–Crippen LogP) is 1.61. The summed E-state index contributed by atoms with van der Waals surface area (Å²) in [5.74, 6) is -2.61. The summed E-state index contributed by atoms with van der Waals surface area (Å²) < 4.78 is -0.837. The molecule has 2 amide bonds. The molecule has 0 aromatic heterocycles. The number of hydrogen-bond donors (Lipinski definition) is 0. The minimum atomic E-state index is -1.19. The van der Waals surface area contributed by atoms with Crippen molar-refractivity contribution in [2.75, 3.05) is 4.90 Å². The first-order valence-corrected chi connectivity index (χ1v) is 8.88. The van der Waals surface area contributed by atoms with Gasteiger partial charge in [0.25, 0.3) is 0 Å². The molecule has 1 aliphatic heterocycles. The largest absolute Gasteiger partial charge is 0.549 e. The van der Waals surface area contributed by atoms with Crippen molar-refractivity contribution in [3.05, 3.63) is 54.1 Å². The van der Waals surface area contributed by atoms with Crippen molar-refractivity contribution >= 4 is 35.2 Å². The molecule has 1 aliphatic carbocycles. The van der Waals surface area contributed by atoms with Crippen molar-refractivity contribution < 1.29 is 19.5 Å². The van der Waals surface area contributed by atoms with Gasteiger partial charge in [0.2, 0.25) is 11.8 Å². The lowest BCUT2D eigenvalue weighted by atomic mass is 9.89. The summed E-state index contributed by atoms with van der Waals surface area (Å²) in [6.45, 7) is 3.65.